The highest BCUT2D eigenvalue weighted by atomic mass is 16.5. The Morgan fingerprint density at radius 1 is 0.913 bits per heavy atom. The zero-order chi connectivity index (χ0) is 17.0. The largest absolute Gasteiger partial charge is 0.493 e. The number of anilines is 2. The second kappa shape index (κ2) is 7.11. The average molecular weight is 318 g/mol. The fourth-order valence-corrected chi connectivity index (χ4v) is 2.66. The van der Waals surface area contributed by atoms with E-state index in [1.807, 2.05) is 12.1 Å². The van der Waals surface area contributed by atoms with Crippen LogP contribution in [0.25, 0.3) is 11.1 Å². The van der Waals surface area contributed by atoms with Crippen LogP contribution in [0.1, 0.15) is 5.56 Å². The SMILES string of the molecule is COc1ccc(-c2cc(N)cc(N)c2CCO)c(OC)c1OC. The molecule has 6 nitrogen and oxygen atoms in total. The van der Waals surface area contributed by atoms with Gasteiger partial charge in [0, 0.05) is 23.5 Å². The number of hydrogen-bond acceptors (Lipinski definition) is 6. The van der Waals surface area contributed by atoms with Gasteiger partial charge >= 0.3 is 0 Å². The van der Waals surface area contributed by atoms with Crippen LogP contribution in [0.15, 0.2) is 24.3 Å². The van der Waals surface area contributed by atoms with Crippen molar-refractivity contribution in [2.24, 2.45) is 0 Å². The molecule has 0 atom stereocenters. The van der Waals surface area contributed by atoms with Gasteiger partial charge in [-0.3, -0.25) is 0 Å². The number of rotatable bonds is 6. The summed E-state index contributed by atoms with van der Waals surface area (Å²) in [6.07, 6.45) is 0.416. The van der Waals surface area contributed by atoms with Crippen molar-refractivity contribution in [2.75, 3.05) is 39.4 Å². The van der Waals surface area contributed by atoms with Gasteiger partial charge in [-0.05, 0) is 41.8 Å². The molecule has 0 aliphatic heterocycles. The van der Waals surface area contributed by atoms with E-state index in [2.05, 4.69) is 0 Å². The smallest absolute Gasteiger partial charge is 0.203 e. The normalized spacial score (nSPS) is 10.4. The molecule has 0 bridgehead atoms. The van der Waals surface area contributed by atoms with Crippen LogP contribution in [0.2, 0.25) is 0 Å². The highest BCUT2D eigenvalue weighted by Crippen LogP contribution is 2.46. The zero-order valence-corrected chi connectivity index (χ0v) is 13.6. The number of nitrogens with two attached hydrogens (primary N) is 2. The number of benzene rings is 2. The molecule has 124 valence electrons. The van der Waals surface area contributed by atoms with Gasteiger partial charge < -0.3 is 30.8 Å². The maximum atomic E-state index is 9.33. The van der Waals surface area contributed by atoms with Crippen molar-refractivity contribution in [3.63, 3.8) is 0 Å². The summed E-state index contributed by atoms with van der Waals surface area (Å²) in [5, 5.41) is 9.33. The number of aliphatic hydroxyl groups is 1. The summed E-state index contributed by atoms with van der Waals surface area (Å²) < 4.78 is 16.2. The molecule has 0 fully saturated rings. The molecular weight excluding hydrogens is 296 g/mol. The number of nitrogen functional groups attached to an aromatic ring is 2. The summed E-state index contributed by atoms with van der Waals surface area (Å²) in [7, 11) is 4.67. The van der Waals surface area contributed by atoms with E-state index < -0.39 is 0 Å². The molecule has 0 unspecified atom stereocenters. The molecule has 0 heterocycles. The number of aliphatic hydroxyl groups excluding tert-OH is 1. The third kappa shape index (κ3) is 3.12. The molecule has 0 amide bonds. The van der Waals surface area contributed by atoms with Crippen molar-refractivity contribution in [2.45, 2.75) is 6.42 Å². The third-order valence-electron chi connectivity index (χ3n) is 3.66. The first-order valence-corrected chi connectivity index (χ1v) is 7.15. The van der Waals surface area contributed by atoms with Gasteiger partial charge in [-0.1, -0.05) is 0 Å². The van der Waals surface area contributed by atoms with E-state index in [1.54, 1.807) is 33.5 Å². The van der Waals surface area contributed by atoms with Crippen LogP contribution in [0.3, 0.4) is 0 Å². The van der Waals surface area contributed by atoms with Gasteiger partial charge in [0.05, 0.1) is 21.3 Å². The fourth-order valence-electron chi connectivity index (χ4n) is 2.66. The lowest BCUT2D eigenvalue weighted by molar-refractivity contribution is 0.300. The second-order valence-electron chi connectivity index (χ2n) is 4.99. The van der Waals surface area contributed by atoms with Gasteiger partial charge in [-0.15, -0.1) is 0 Å². The van der Waals surface area contributed by atoms with E-state index in [-0.39, 0.29) is 6.61 Å². The van der Waals surface area contributed by atoms with Crippen molar-refractivity contribution >= 4 is 11.4 Å². The molecule has 23 heavy (non-hydrogen) atoms. The monoisotopic (exact) mass is 318 g/mol. The molecule has 2 rings (SSSR count). The number of hydrogen-bond donors (Lipinski definition) is 3. The first-order chi connectivity index (χ1) is 11.1. The molecule has 0 spiro atoms. The maximum absolute atomic E-state index is 9.33. The van der Waals surface area contributed by atoms with E-state index in [9.17, 15) is 5.11 Å². The minimum atomic E-state index is -0.0171. The van der Waals surface area contributed by atoms with Crippen molar-refractivity contribution in [3.8, 4) is 28.4 Å². The standard InChI is InChI=1S/C17H22N2O4/c1-21-15-5-4-12(16(22-2)17(15)23-3)13-8-10(18)9-14(19)11(13)6-7-20/h4-5,8-9,20H,6-7,18-19H2,1-3H3. The topological polar surface area (TPSA) is 100.0 Å². The van der Waals surface area contributed by atoms with Crippen LogP contribution in [0.5, 0.6) is 17.2 Å². The molecule has 2 aromatic rings. The van der Waals surface area contributed by atoms with Gasteiger partial charge in [-0.25, -0.2) is 0 Å². The Morgan fingerprint density at radius 2 is 1.61 bits per heavy atom. The average Bonchev–Trinajstić information content (AvgIpc) is 2.55. The summed E-state index contributed by atoms with van der Waals surface area (Å²) in [5.74, 6) is 1.58. The second-order valence-corrected chi connectivity index (χ2v) is 4.99. The highest BCUT2D eigenvalue weighted by molar-refractivity contribution is 5.83. The Bertz CT molecular complexity index is 701. The summed E-state index contributed by atoms with van der Waals surface area (Å²) in [4.78, 5) is 0. The third-order valence-corrected chi connectivity index (χ3v) is 3.66. The lowest BCUT2D eigenvalue weighted by Gasteiger charge is -2.19. The molecule has 0 radical (unpaired) electrons. The summed E-state index contributed by atoms with van der Waals surface area (Å²) in [5.41, 5.74) is 15.5. The van der Waals surface area contributed by atoms with E-state index in [0.717, 1.165) is 16.7 Å². The van der Waals surface area contributed by atoms with E-state index >= 15 is 0 Å². The molecule has 0 aliphatic rings. The predicted octanol–water partition coefficient (Wildman–Crippen LogP) is 2.08. The Kier molecular flexibility index (Phi) is 5.18. The van der Waals surface area contributed by atoms with Gasteiger partial charge in [0.15, 0.2) is 11.5 Å². The molecule has 0 saturated heterocycles. The Hall–Kier alpha value is -2.60. The fraction of sp³-hybridized carbons (Fsp3) is 0.294. The lowest BCUT2D eigenvalue weighted by atomic mass is 9.94. The predicted molar refractivity (Wildman–Crippen MR) is 91.1 cm³/mol. The van der Waals surface area contributed by atoms with Crippen molar-refractivity contribution in [1.82, 2.24) is 0 Å². The van der Waals surface area contributed by atoms with Crippen molar-refractivity contribution in [3.05, 3.63) is 29.8 Å². The molecule has 5 N–H and O–H groups in total. The van der Waals surface area contributed by atoms with Crippen LogP contribution < -0.4 is 25.7 Å². The van der Waals surface area contributed by atoms with Gasteiger partial charge in [0.25, 0.3) is 0 Å². The minimum absolute atomic E-state index is 0.0171. The Morgan fingerprint density at radius 3 is 2.17 bits per heavy atom. The molecule has 6 heteroatoms. The van der Waals surface area contributed by atoms with Crippen LogP contribution in [0.4, 0.5) is 11.4 Å². The number of ether oxygens (including phenoxy) is 3. The summed E-state index contributed by atoms with van der Waals surface area (Å²) >= 11 is 0. The first kappa shape index (κ1) is 16.8. The lowest BCUT2D eigenvalue weighted by Crippen LogP contribution is -2.04. The van der Waals surface area contributed by atoms with Crippen molar-refractivity contribution in [1.29, 1.82) is 0 Å². The molecule has 2 aromatic carbocycles. The Balaban J connectivity index is 2.76. The zero-order valence-electron chi connectivity index (χ0n) is 13.6. The molecule has 0 saturated carbocycles. The van der Waals surface area contributed by atoms with E-state index in [0.29, 0.717) is 35.0 Å². The molecule has 0 aliphatic carbocycles. The molecular formula is C17H22N2O4. The van der Waals surface area contributed by atoms with E-state index in [4.69, 9.17) is 25.7 Å². The van der Waals surface area contributed by atoms with Crippen molar-refractivity contribution < 1.29 is 19.3 Å². The van der Waals surface area contributed by atoms with Crippen LogP contribution >= 0.6 is 0 Å². The van der Waals surface area contributed by atoms with Crippen LogP contribution in [-0.2, 0) is 6.42 Å². The summed E-state index contributed by atoms with van der Waals surface area (Å²) in [6, 6.07) is 7.14. The minimum Gasteiger partial charge on any atom is -0.493 e. The first-order valence-electron chi connectivity index (χ1n) is 7.15. The Labute approximate surface area is 135 Å². The van der Waals surface area contributed by atoms with Crippen LogP contribution in [-0.4, -0.2) is 33.0 Å². The van der Waals surface area contributed by atoms with E-state index in [1.165, 1.54) is 0 Å². The van der Waals surface area contributed by atoms with Gasteiger partial charge in [0.1, 0.15) is 0 Å². The number of methoxy groups -OCH3 is 3. The highest BCUT2D eigenvalue weighted by Gasteiger charge is 2.20. The maximum Gasteiger partial charge on any atom is 0.203 e. The summed E-state index contributed by atoms with van der Waals surface area (Å²) in [6.45, 7) is -0.0171. The van der Waals surface area contributed by atoms with Gasteiger partial charge in [-0.2, -0.15) is 0 Å². The van der Waals surface area contributed by atoms with Crippen LogP contribution in [0, 0.1) is 0 Å². The quantitative estimate of drug-likeness (QED) is 0.705. The molecule has 0 aromatic heterocycles. The van der Waals surface area contributed by atoms with Gasteiger partial charge in [0.2, 0.25) is 5.75 Å².